The summed E-state index contributed by atoms with van der Waals surface area (Å²) >= 11 is 0. The Morgan fingerprint density at radius 3 is 2.50 bits per heavy atom. The van der Waals surface area contributed by atoms with Gasteiger partial charge in [-0.15, -0.1) is 13.2 Å². The van der Waals surface area contributed by atoms with E-state index in [4.69, 9.17) is 5.73 Å². The first-order chi connectivity index (χ1) is 14.4. The van der Waals surface area contributed by atoms with E-state index in [9.17, 15) is 18.0 Å². The van der Waals surface area contributed by atoms with Crippen LogP contribution in [0.5, 0.6) is 5.75 Å². The second-order valence-corrected chi connectivity index (χ2v) is 7.04. The molecule has 156 valence electrons. The highest BCUT2D eigenvalue weighted by molar-refractivity contribution is 5.98. The van der Waals surface area contributed by atoms with E-state index in [0.29, 0.717) is 36.3 Å². The molecule has 3 aromatic rings. The van der Waals surface area contributed by atoms with E-state index in [2.05, 4.69) is 10.1 Å². The number of hydrogen-bond donors (Lipinski definition) is 2. The van der Waals surface area contributed by atoms with Gasteiger partial charge in [0.25, 0.3) is 5.91 Å². The highest BCUT2D eigenvalue weighted by Crippen LogP contribution is 2.40. The van der Waals surface area contributed by atoms with Gasteiger partial charge in [0.1, 0.15) is 11.4 Å². The molecular weight excluding hydrogens is 395 g/mol. The van der Waals surface area contributed by atoms with Crippen molar-refractivity contribution in [1.82, 2.24) is 9.88 Å². The Morgan fingerprint density at radius 1 is 1.07 bits per heavy atom. The summed E-state index contributed by atoms with van der Waals surface area (Å²) in [5, 5.41) is 2.87. The van der Waals surface area contributed by atoms with Crippen LogP contribution in [0.1, 0.15) is 23.0 Å². The van der Waals surface area contributed by atoms with Crippen LogP contribution < -0.4 is 15.8 Å². The largest absolute Gasteiger partial charge is 0.573 e. The zero-order valence-corrected chi connectivity index (χ0v) is 15.9. The number of ether oxygens (including phenoxy) is 1. The predicted octanol–water partition coefficient (Wildman–Crippen LogP) is 4.35. The number of alkyl halides is 3. The summed E-state index contributed by atoms with van der Waals surface area (Å²) in [5.74, 6) is -0.541. The smallest absolute Gasteiger partial charge is 0.406 e. The van der Waals surface area contributed by atoms with Crippen molar-refractivity contribution >= 4 is 5.91 Å². The predicted molar refractivity (Wildman–Crippen MR) is 107 cm³/mol. The molecule has 1 atom stereocenters. The molecule has 30 heavy (non-hydrogen) atoms. The molecule has 0 radical (unpaired) electrons. The lowest BCUT2D eigenvalue weighted by Gasteiger charge is -2.28. The molecule has 1 aromatic heterocycles. The van der Waals surface area contributed by atoms with Crippen LogP contribution in [0.15, 0.2) is 60.7 Å². The van der Waals surface area contributed by atoms with E-state index in [1.807, 2.05) is 34.9 Å². The molecule has 0 spiro atoms. The minimum Gasteiger partial charge on any atom is -0.406 e. The van der Waals surface area contributed by atoms with E-state index in [1.54, 1.807) is 12.1 Å². The summed E-state index contributed by atoms with van der Waals surface area (Å²) in [6, 6.07) is 16.9. The molecule has 1 aliphatic heterocycles. The van der Waals surface area contributed by atoms with Gasteiger partial charge in [-0.2, -0.15) is 0 Å². The number of aromatic nitrogens is 1. The Kier molecular flexibility index (Phi) is 5.26. The van der Waals surface area contributed by atoms with Gasteiger partial charge in [0, 0.05) is 12.1 Å². The lowest BCUT2D eigenvalue weighted by molar-refractivity contribution is -0.274. The van der Waals surface area contributed by atoms with Crippen LogP contribution in [0.25, 0.3) is 22.4 Å². The van der Waals surface area contributed by atoms with Crippen molar-refractivity contribution in [2.75, 3.05) is 13.1 Å². The molecule has 0 aliphatic carbocycles. The second kappa shape index (κ2) is 7.87. The van der Waals surface area contributed by atoms with E-state index >= 15 is 0 Å². The van der Waals surface area contributed by atoms with Crippen molar-refractivity contribution in [2.45, 2.75) is 18.8 Å². The second-order valence-electron chi connectivity index (χ2n) is 7.04. The Hall–Kier alpha value is -3.26. The third-order valence-electron chi connectivity index (χ3n) is 5.06. The van der Waals surface area contributed by atoms with Crippen LogP contribution in [0.2, 0.25) is 0 Å². The fourth-order valence-electron chi connectivity index (χ4n) is 3.87. The molecule has 0 fully saturated rings. The van der Waals surface area contributed by atoms with Crippen LogP contribution in [0, 0.1) is 0 Å². The molecule has 8 heteroatoms. The number of nitrogens with two attached hydrogens (primary N) is 1. The van der Waals surface area contributed by atoms with Gasteiger partial charge < -0.3 is 20.4 Å². The number of rotatable bonds is 5. The van der Waals surface area contributed by atoms with Crippen molar-refractivity contribution in [1.29, 1.82) is 0 Å². The van der Waals surface area contributed by atoms with Crippen molar-refractivity contribution in [3.63, 3.8) is 0 Å². The summed E-state index contributed by atoms with van der Waals surface area (Å²) in [5.41, 5.74) is 9.05. The minimum absolute atomic E-state index is 0.0544. The van der Waals surface area contributed by atoms with Crippen LogP contribution in [-0.2, 0) is 0 Å². The number of nitrogens with one attached hydrogen (secondary N) is 1. The molecule has 2 heterocycles. The molecule has 2 aromatic carbocycles. The maximum Gasteiger partial charge on any atom is 0.573 e. The SMILES string of the molecule is NCCC1CNC(=O)c2cc(-c3cccc(OC(F)(F)F)c3)c(-c3ccccc3)n21. The van der Waals surface area contributed by atoms with Gasteiger partial charge in [-0.25, -0.2) is 0 Å². The van der Waals surface area contributed by atoms with Crippen LogP contribution in [0.3, 0.4) is 0 Å². The van der Waals surface area contributed by atoms with Gasteiger partial charge >= 0.3 is 6.36 Å². The molecule has 1 aliphatic rings. The van der Waals surface area contributed by atoms with E-state index < -0.39 is 6.36 Å². The number of halogens is 3. The number of fused-ring (bicyclic) bond motifs is 1. The van der Waals surface area contributed by atoms with Gasteiger partial charge in [-0.1, -0.05) is 42.5 Å². The third-order valence-corrected chi connectivity index (χ3v) is 5.06. The van der Waals surface area contributed by atoms with Crippen molar-refractivity contribution in [3.05, 3.63) is 66.4 Å². The highest BCUT2D eigenvalue weighted by atomic mass is 19.4. The normalized spacial score (nSPS) is 16.1. The van der Waals surface area contributed by atoms with Gasteiger partial charge in [0.15, 0.2) is 0 Å². The monoisotopic (exact) mass is 415 g/mol. The van der Waals surface area contributed by atoms with E-state index in [0.717, 1.165) is 11.3 Å². The molecule has 0 bridgehead atoms. The topological polar surface area (TPSA) is 69.3 Å². The zero-order valence-electron chi connectivity index (χ0n) is 15.9. The van der Waals surface area contributed by atoms with Gasteiger partial charge in [0.05, 0.1) is 11.7 Å². The molecular formula is C22H20F3N3O2. The first-order valence-corrected chi connectivity index (χ1v) is 9.52. The highest BCUT2D eigenvalue weighted by Gasteiger charge is 2.32. The van der Waals surface area contributed by atoms with Crippen LogP contribution in [0.4, 0.5) is 13.2 Å². The summed E-state index contributed by atoms with van der Waals surface area (Å²) in [6.45, 7) is 0.880. The molecule has 1 amide bonds. The number of benzene rings is 2. The lowest BCUT2D eigenvalue weighted by Crippen LogP contribution is -2.39. The number of nitrogens with zero attached hydrogens (tertiary/aromatic N) is 1. The molecule has 5 nitrogen and oxygen atoms in total. The van der Waals surface area contributed by atoms with Crippen LogP contribution >= 0.6 is 0 Å². The quantitative estimate of drug-likeness (QED) is 0.651. The van der Waals surface area contributed by atoms with Crippen molar-refractivity contribution in [2.24, 2.45) is 5.73 Å². The first kappa shape index (κ1) is 20.0. The molecule has 0 saturated heterocycles. The van der Waals surface area contributed by atoms with E-state index in [-0.39, 0.29) is 17.7 Å². The number of amides is 1. The number of carbonyl (C=O) groups is 1. The van der Waals surface area contributed by atoms with Crippen molar-refractivity contribution in [3.8, 4) is 28.1 Å². The van der Waals surface area contributed by atoms with Crippen molar-refractivity contribution < 1.29 is 22.7 Å². The average molecular weight is 415 g/mol. The van der Waals surface area contributed by atoms with Gasteiger partial charge in [-0.3, -0.25) is 4.79 Å². The summed E-state index contributed by atoms with van der Waals surface area (Å²) < 4.78 is 44.1. The number of carbonyl (C=O) groups excluding carboxylic acids is 1. The average Bonchev–Trinajstić information content (AvgIpc) is 3.12. The first-order valence-electron chi connectivity index (χ1n) is 9.52. The maximum absolute atomic E-state index is 12.7. The minimum atomic E-state index is -4.78. The fourth-order valence-corrected chi connectivity index (χ4v) is 3.87. The number of hydrogen-bond acceptors (Lipinski definition) is 3. The van der Waals surface area contributed by atoms with Gasteiger partial charge in [-0.05, 0) is 42.3 Å². The maximum atomic E-state index is 12.7. The van der Waals surface area contributed by atoms with Crippen LogP contribution in [-0.4, -0.2) is 29.9 Å². The fraction of sp³-hybridized carbons (Fsp3) is 0.227. The summed E-state index contributed by atoms with van der Waals surface area (Å²) in [7, 11) is 0. The zero-order chi connectivity index (χ0) is 21.3. The van der Waals surface area contributed by atoms with Gasteiger partial charge in [0.2, 0.25) is 0 Å². The lowest BCUT2D eigenvalue weighted by atomic mass is 10.0. The molecule has 0 saturated carbocycles. The third kappa shape index (κ3) is 3.91. The Bertz CT molecular complexity index is 1060. The molecule has 3 N–H and O–H groups in total. The summed E-state index contributed by atoms with van der Waals surface area (Å²) in [6.07, 6.45) is -4.13. The Balaban J connectivity index is 1.92. The molecule has 1 unspecified atom stereocenters. The Morgan fingerprint density at radius 2 is 1.80 bits per heavy atom. The van der Waals surface area contributed by atoms with E-state index in [1.165, 1.54) is 18.2 Å². The summed E-state index contributed by atoms with van der Waals surface area (Å²) in [4.78, 5) is 12.6. The molecule has 4 rings (SSSR count). The Labute approximate surface area is 171 Å². The standard InChI is InChI=1S/C22H20F3N3O2/c23-22(24,25)30-17-8-4-7-15(11-17)18-12-19-21(29)27-13-16(9-10-26)28(19)20(18)14-5-2-1-3-6-14/h1-8,11-12,16H,9-10,13,26H2,(H,27,29).